The minimum absolute atomic E-state index is 0.0826. The Bertz CT molecular complexity index is 966. The van der Waals surface area contributed by atoms with Crippen LogP contribution in [0.5, 0.6) is 11.5 Å². The van der Waals surface area contributed by atoms with Gasteiger partial charge >= 0.3 is 12.1 Å². The van der Waals surface area contributed by atoms with Gasteiger partial charge in [-0.15, -0.1) is 0 Å². The largest absolute Gasteiger partial charge is 0.452 e. The second-order valence-electron chi connectivity index (χ2n) is 7.18. The van der Waals surface area contributed by atoms with Crippen molar-refractivity contribution in [3.63, 3.8) is 0 Å². The molecule has 2 aliphatic rings. The molecule has 0 aromatic heterocycles. The molecule has 1 aliphatic heterocycles. The lowest BCUT2D eigenvalue weighted by atomic mass is 10.1. The van der Waals surface area contributed by atoms with Gasteiger partial charge in [-0.2, -0.15) is 13.2 Å². The molecule has 1 heterocycles. The van der Waals surface area contributed by atoms with Gasteiger partial charge in [-0.1, -0.05) is 0 Å². The quantitative estimate of drug-likeness (QED) is 0.734. The Morgan fingerprint density at radius 1 is 1.00 bits per heavy atom. The number of carbonyl (C=O) groups excluding carboxylic acids is 2. The molecule has 0 atom stereocenters. The van der Waals surface area contributed by atoms with Crippen molar-refractivity contribution in [3.05, 3.63) is 53.6 Å². The molecule has 1 fully saturated rings. The molecule has 1 saturated carbocycles. The van der Waals surface area contributed by atoms with Gasteiger partial charge in [-0.05, 0) is 49.2 Å². The van der Waals surface area contributed by atoms with E-state index in [0.29, 0.717) is 17.2 Å². The number of ether oxygens (including phenoxy) is 3. The molecule has 4 rings (SSSR count). The van der Waals surface area contributed by atoms with Crippen LogP contribution in [0.25, 0.3) is 0 Å². The zero-order valence-corrected chi connectivity index (χ0v) is 15.8. The van der Waals surface area contributed by atoms with Crippen molar-refractivity contribution < 1.29 is 37.0 Å². The van der Waals surface area contributed by atoms with Gasteiger partial charge in [0.05, 0.1) is 11.1 Å². The molecule has 6 nitrogen and oxygen atoms in total. The smallest absolute Gasteiger partial charge is 0.416 e. The maximum atomic E-state index is 12.6. The van der Waals surface area contributed by atoms with Crippen molar-refractivity contribution >= 4 is 17.6 Å². The van der Waals surface area contributed by atoms with E-state index in [1.807, 2.05) is 0 Å². The third kappa shape index (κ3) is 4.19. The molecule has 0 radical (unpaired) electrons. The zero-order chi connectivity index (χ0) is 21.4. The lowest BCUT2D eigenvalue weighted by Gasteiger charge is -2.21. The molecule has 2 aromatic carbocycles. The van der Waals surface area contributed by atoms with E-state index >= 15 is 0 Å². The van der Waals surface area contributed by atoms with Crippen LogP contribution in [0.2, 0.25) is 0 Å². The van der Waals surface area contributed by atoms with Crippen LogP contribution < -0.4 is 14.8 Å². The highest BCUT2D eigenvalue weighted by Crippen LogP contribution is 2.47. The Labute approximate surface area is 169 Å². The van der Waals surface area contributed by atoms with E-state index in [0.717, 1.165) is 49.9 Å². The summed E-state index contributed by atoms with van der Waals surface area (Å²) in [5.41, 5.74) is -0.511. The molecular formula is C21H18F3NO5. The number of hydrogen-bond donors (Lipinski definition) is 1. The van der Waals surface area contributed by atoms with Gasteiger partial charge in [0, 0.05) is 24.6 Å². The van der Waals surface area contributed by atoms with E-state index in [1.54, 1.807) is 18.2 Å². The fraction of sp³-hybridized carbons (Fsp3) is 0.333. The highest BCUT2D eigenvalue weighted by Gasteiger charge is 2.44. The lowest BCUT2D eigenvalue weighted by molar-refractivity contribution is -0.137. The van der Waals surface area contributed by atoms with Crippen LogP contribution in [0.4, 0.5) is 18.9 Å². The van der Waals surface area contributed by atoms with Crippen LogP contribution >= 0.6 is 0 Å². The number of amides is 1. The van der Waals surface area contributed by atoms with Gasteiger partial charge in [0.25, 0.3) is 11.7 Å². The molecule has 1 N–H and O–H groups in total. The van der Waals surface area contributed by atoms with Crippen molar-refractivity contribution in [2.45, 2.75) is 37.6 Å². The monoisotopic (exact) mass is 421 g/mol. The Morgan fingerprint density at radius 2 is 1.67 bits per heavy atom. The van der Waals surface area contributed by atoms with Crippen LogP contribution in [0.1, 0.15) is 41.6 Å². The summed E-state index contributed by atoms with van der Waals surface area (Å²) in [6, 6.07) is 8.54. The average molecular weight is 421 g/mol. The van der Waals surface area contributed by atoms with Gasteiger partial charge in [-0.25, -0.2) is 4.79 Å². The minimum atomic E-state index is -4.50. The minimum Gasteiger partial charge on any atom is -0.452 e. The van der Waals surface area contributed by atoms with Crippen molar-refractivity contribution in [2.24, 2.45) is 0 Å². The van der Waals surface area contributed by atoms with Crippen molar-refractivity contribution in [1.29, 1.82) is 0 Å². The summed E-state index contributed by atoms with van der Waals surface area (Å²) in [5, 5.41) is 2.59. The number of anilines is 1. The lowest BCUT2D eigenvalue weighted by Crippen LogP contribution is -2.34. The molecule has 0 bridgehead atoms. The summed E-state index contributed by atoms with van der Waals surface area (Å²) in [6.45, 7) is -0.585. The molecule has 1 amide bonds. The second kappa shape index (κ2) is 7.55. The first kappa shape index (κ1) is 20.1. The van der Waals surface area contributed by atoms with E-state index in [-0.39, 0.29) is 5.56 Å². The number of halogens is 3. The fourth-order valence-electron chi connectivity index (χ4n) is 3.50. The van der Waals surface area contributed by atoms with E-state index in [4.69, 9.17) is 14.2 Å². The van der Waals surface area contributed by atoms with Gasteiger partial charge in [0.15, 0.2) is 18.1 Å². The van der Waals surface area contributed by atoms with Gasteiger partial charge < -0.3 is 19.5 Å². The summed E-state index contributed by atoms with van der Waals surface area (Å²) in [7, 11) is 0. The number of nitrogens with one attached hydrogen (secondary N) is 1. The number of hydrogen-bond acceptors (Lipinski definition) is 5. The summed E-state index contributed by atoms with van der Waals surface area (Å²) < 4.78 is 54.4. The van der Waals surface area contributed by atoms with Gasteiger partial charge in [0.1, 0.15) is 0 Å². The van der Waals surface area contributed by atoms with E-state index in [2.05, 4.69) is 5.32 Å². The number of rotatable bonds is 4. The van der Waals surface area contributed by atoms with Crippen molar-refractivity contribution in [2.75, 3.05) is 11.9 Å². The standard InChI is InChI=1S/C21H18F3NO5/c22-21(23,24)14-5-3-13(4-6-14)19(27)28-12-18(26)25-15-7-8-16-17(11-15)30-20(29-16)9-1-2-10-20/h3-8,11H,1-2,9-10,12H2,(H,25,26). The Hall–Kier alpha value is -3.23. The molecule has 30 heavy (non-hydrogen) atoms. The predicted molar refractivity (Wildman–Crippen MR) is 99.3 cm³/mol. The zero-order valence-electron chi connectivity index (χ0n) is 15.8. The van der Waals surface area contributed by atoms with Gasteiger partial charge in [0.2, 0.25) is 0 Å². The predicted octanol–water partition coefficient (Wildman–Crippen LogP) is 4.54. The number of esters is 1. The molecule has 0 unspecified atom stereocenters. The number of fused-ring (bicyclic) bond motifs is 1. The van der Waals surface area contributed by atoms with Crippen LogP contribution in [0.15, 0.2) is 42.5 Å². The van der Waals surface area contributed by atoms with Gasteiger partial charge in [-0.3, -0.25) is 4.79 Å². The molecule has 158 valence electrons. The first-order chi connectivity index (χ1) is 14.2. The van der Waals surface area contributed by atoms with E-state index in [1.165, 1.54) is 0 Å². The van der Waals surface area contributed by atoms with Crippen LogP contribution in [0, 0.1) is 0 Å². The first-order valence-corrected chi connectivity index (χ1v) is 9.40. The number of benzene rings is 2. The SMILES string of the molecule is O=C(COC(=O)c1ccc(C(F)(F)F)cc1)Nc1ccc2c(c1)OC1(CCCC1)O2. The summed E-state index contributed by atoms with van der Waals surface area (Å²) in [6.07, 6.45) is -0.819. The third-order valence-corrected chi connectivity index (χ3v) is 4.97. The number of carbonyl (C=O) groups is 2. The molecule has 1 spiro atoms. The highest BCUT2D eigenvalue weighted by atomic mass is 19.4. The molecule has 0 saturated heterocycles. The fourth-order valence-corrected chi connectivity index (χ4v) is 3.50. The topological polar surface area (TPSA) is 73.9 Å². The summed E-state index contributed by atoms with van der Waals surface area (Å²) in [4.78, 5) is 24.0. The van der Waals surface area contributed by atoms with Crippen LogP contribution in [0.3, 0.4) is 0 Å². The third-order valence-electron chi connectivity index (χ3n) is 4.97. The average Bonchev–Trinajstić information content (AvgIpc) is 3.31. The normalized spacial score (nSPS) is 16.5. The molecule has 1 aliphatic carbocycles. The van der Waals surface area contributed by atoms with Crippen LogP contribution in [-0.2, 0) is 15.7 Å². The Morgan fingerprint density at radius 3 is 2.33 bits per heavy atom. The number of alkyl halides is 3. The Kier molecular flexibility index (Phi) is 5.05. The first-order valence-electron chi connectivity index (χ1n) is 9.40. The van der Waals surface area contributed by atoms with Crippen molar-refractivity contribution in [3.8, 4) is 11.5 Å². The summed E-state index contributed by atoms with van der Waals surface area (Å²) in [5.74, 6) is -0.945. The maximum Gasteiger partial charge on any atom is 0.416 e. The summed E-state index contributed by atoms with van der Waals surface area (Å²) >= 11 is 0. The van der Waals surface area contributed by atoms with E-state index < -0.39 is 36.0 Å². The maximum absolute atomic E-state index is 12.6. The molecule has 9 heteroatoms. The van der Waals surface area contributed by atoms with E-state index in [9.17, 15) is 22.8 Å². The molecule has 2 aromatic rings. The van der Waals surface area contributed by atoms with Crippen molar-refractivity contribution in [1.82, 2.24) is 0 Å². The second-order valence-corrected chi connectivity index (χ2v) is 7.18. The highest BCUT2D eigenvalue weighted by molar-refractivity contribution is 5.95. The van der Waals surface area contributed by atoms with Crippen LogP contribution in [-0.4, -0.2) is 24.3 Å². The molecular weight excluding hydrogens is 403 g/mol. The Balaban J connectivity index is 1.31.